The van der Waals surface area contributed by atoms with Crippen LogP contribution < -0.4 is 9.47 Å². The quantitative estimate of drug-likeness (QED) is 0.375. The minimum absolute atomic E-state index is 0.171. The number of hydrogen-bond donors (Lipinski definition) is 0. The SMILES string of the molecule is CC(=O)Oc1c(C)cc(C2(c3cc(C)c(OC(C)=O)c(C)c3)CC(C)CC(C)(C)C2)cc1C. The first-order valence-electron chi connectivity index (χ1n) is 11.8. The van der Waals surface area contributed by atoms with E-state index < -0.39 is 0 Å². The largest absolute Gasteiger partial charge is 0.426 e. The molecular weight excluding hydrogens is 412 g/mol. The molecular formula is C29H38O4. The maximum atomic E-state index is 11.6. The Morgan fingerprint density at radius 3 is 1.42 bits per heavy atom. The Balaban J connectivity index is 2.26. The summed E-state index contributed by atoms with van der Waals surface area (Å²) >= 11 is 0. The third kappa shape index (κ3) is 5.15. The third-order valence-corrected chi connectivity index (χ3v) is 6.90. The molecule has 0 spiro atoms. The number of ether oxygens (including phenoxy) is 2. The number of carbonyl (C=O) groups is 2. The lowest BCUT2D eigenvalue weighted by molar-refractivity contribution is -0.132. The van der Waals surface area contributed by atoms with Gasteiger partial charge in [0, 0.05) is 19.3 Å². The fourth-order valence-electron chi connectivity index (χ4n) is 6.24. The van der Waals surface area contributed by atoms with Crippen LogP contribution >= 0.6 is 0 Å². The fraction of sp³-hybridized carbons (Fsp3) is 0.517. The van der Waals surface area contributed by atoms with Crippen LogP contribution in [0, 0.1) is 39.0 Å². The molecule has 0 amide bonds. The Bertz CT molecular complexity index is 975. The fourth-order valence-corrected chi connectivity index (χ4v) is 6.24. The molecule has 1 saturated carbocycles. The van der Waals surface area contributed by atoms with Crippen molar-refractivity contribution in [3.05, 3.63) is 57.6 Å². The van der Waals surface area contributed by atoms with E-state index in [1.807, 2.05) is 27.7 Å². The second-order valence-corrected chi connectivity index (χ2v) is 11.0. The van der Waals surface area contributed by atoms with E-state index in [1.165, 1.54) is 31.4 Å². The lowest BCUT2D eigenvalue weighted by Crippen LogP contribution is -2.41. The molecule has 0 radical (unpaired) electrons. The van der Waals surface area contributed by atoms with Crippen LogP contribution in [-0.2, 0) is 15.0 Å². The van der Waals surface area contributed by atoms with E-state index in [4.69, 9.17) is 9.47 Å². The summed E-state index contributed by atoms with van der Waals surface area (Å²) in [4.78, 5) is 23.3. The summed E-state index contributed by atoms with van der Waals surface area (Å²) in [5.41, 5.74) is 6.39. The van der Waals surface area contributed by atoms with Gasteiger partial charge in [-0.25, -0.2) is 0 Å². The molecule has 1 aliphatic rings. The number of aryl methyl sites for hydroxylation is 4. The minimum Gasteiger partial charge on any atom is -0.426 e. The molecule has 3 rings (SSSR count). The molecule has 1 atom stereocenters. The molecule has 4 heteroatoms. The highest BCUT2D eigenvalue weighted by molar-refractivity contribution is 5.71. The average Bonchev–Trinajstić information content (AvgIpc) is 2.65. The first-order valence-corrected chi connectivity index (χ1v) is 11.8. The monoisotopic (exact) mass is 450 g/mol. The third-order valence-electron chi connectivity index (χ3n) is 6.90. The zero-order chi connectivity index (χ0) is 24.7. The molecule has 0 bridgehead atoms. The van der Waals surface area contributed by atoms with Gasteiger partial charge in [-0.15, -0.1) is 0 Å². The summed E-state index contributed by atoms with van der Waals surface area (Å²) in [5.74, 6) is 1.26. The van der Waals surface area contributed by atoms with Crippen LogP contribution in [0.5, 0.6) is 11.5 Å². The van der Waals surface area contributed by atoms with Crippen LogP contribution in [0.4, 0.5) is 0 Å². The molecule has 1 unspecified atom stereocenters. The highest BCUT2D eigenvalue weighted by Gasteiger charge is 2.45. The Hall–Kier alpha value is -2.62. The summed E-state index contributed by atoms with van der Waals surface area (Å²) in [6.45, 7) is 18.0. The topological polar surface area (TPSA) is 52.6 Å². The summed E-state index contributed by atoms with van der Waals surface area (Å²) in [6, 6.07) is 8.79. The smallest absolute Gasteiger partial charge is 0.308 e. The van der Waals surface area contributed by atoms with Crippen LogP contribution in [-0.4, -0.2) is 11.9 Å². The van der Waals surface area contributed by atoms with E-state index in [2.05, 4.69) is 45.0 Å². The Labute approximate surface area is 198 Å². The van der Waals surface area contributed by atoms with Gasteiger partial charge >= 0.3 is 11.9 Å². The van der Waals surface area contributed by atoms with Crippen molar-refractivity contribution in [2.24, 2.45) is 11.3 Å². The highest BCUT2D eigenvalue weighted by Crippen LogP contribution is 2.54. The van der Waals surface area contributed by atoms with Crippen LogP contribution in [0.3, 0.4) is 0 Å². The van der Waals surface area contributed by atoms with Gasteiger partial charge in [-0.1, -0.05) is 45.0 Å². The standard InChI is InChI=1S/C29H38O4/c1-17-14-28(8,9)16-29(15-17,24-10-18(2)26(19(3)11-24)32-22(6)30)25-12-20(4)27(21(5)13-25)33-23(7)31/h10-13,17H,14-16H2,1-9H3. The average molecular weight is 451 g/mol. The first kappa shape index (κ1) is 25.0. The number of rotatable bonds is 4. The van der Waals surface area contributed by atoms with Crippen molar-refractivity contribution in [1.82, 2.24) is 0 Å². The first-order chi connectivity index (χ1) is 15.2. The number of esters is 2. The minimum atomic E-state index is -0.302. The van der Waals surface area contributed by atoms with Gasteiger partial charge in [0.2, 0.25) is 0 Å². The molecule has 0 N–H and O–H groups in total. The molecule has 1 aliphatic carbocycles. The predicted octanol–water partition coefficient (Wildman–Crippen LogP) is 6.90. The number of carbonyl (C=O) groups excluding carboxylic acids is 2. The van der Waals surface area contributed by atoms with E-state index in [1.54, 1.807) is 0 Å². The van der Waals surface area contributed by atoms with Gasteiger partial charge in [-0.05, 0) is 91.7 Å². The summed E-state index contributed by atoms with van der Waals surface area (Å²) in [6.07, 6.45) is 3.23. The van der Waals surface area contributed by atoms with Gasteiger partial charge in [0.05, 0.1) is 0 Å². The lowest BCUT2D eigenvalue weighted by Gasteiger charge is -2.49. The molecule has 2 aromatic carbocycles. The van der Waals surface area contributed by atoms with Gasteiger partial charge < -0.3 is 9.47 Å². The maximum Gasteiger partial charge on any atom is 0.308 e. The van der Waals surface area contributed by atoms with Gasteiger partial charge in [0.25, 0.3) is 0 Å². The van der Waals surface area contributed by atoms with Crippen LogP contribution in [0.25, 0.3) is 0 Å². The zero-order valence-electron chi connectivity index (χ0n) is 21.6. The van der Waals surface area contributed by atoms with Crippen molar-refractivity contribution in [2.45, 2.75) is 87.0 Å². The van der Waals surface area contributed by atoms with Crippen LogP contribution in [0.2, 0.25) is 0 Å². The van der Waals surface area contributed by atoms with Crippen molar-refractivity contribution in [3.8, 4) is 11.5 Å². The molecule has 0 aliphatic heterocycles. The van der Waals surface area contributed by atoms with Gasteiger partial charge in [-0.2, -0.15) is 0 Å². The molecule has 2 aromatic rings. The van der Waals surface area contributed by atoms with E-state index in [0.717, 1.165) is 35.1 Å². The molecule has 1 fully saturated rings. The van der Waals surface area contributed by atoms with Crippen molar-refractivity contribution in [3.63, 3.8) is 0 Å². The zero-order valence-corrected chi connectivity index (χ0v) is 21.6. The highest BCUT2D eigenvalue weighted by atomic mass is 16.5. The number of hydrogen-bond acceptors (Lipinski definition) is 4. The second-order valence-electron chi connectivity index (χ2n) is 11.0. The summed E-state index contributed by atoms with van der Waals surface area (Å²) in [5, 5.41) is 0. The van der Waals surface area contributed by atoms with Gasteiger partial charge in [0.1, 0.15) is 11.5 Å². The van der Waals surface area contributed by atoms with Gasteiger partial charge in [-0.3, -0.25) is 9.59 Å². The van der Waals surface area contributed by atoms with E-state index >= 15 is 0 Å². The molecule has 0 aromatic heterocycles. The summed E-state index contributed by atoms with van der Waals surface area (Å²) < 4.78 is 11.0. The van der Waals surface area contributed by atoms with Crippen molar-refractivity contribution in [1.29, 1.82) is 0 Å². The Kier molecular flexibility index (Phi) is 6.79. The lowest BCUT2D eigenvalue weighted by atomic mass is 9.55. The molecule has 4 nitrogen and oxygen atoms in total. The molecule has 178 valence electrons. The summed E-state index contributed by atoms with van der Waals surface area (Å²) in [7, 11) is 0. The molecule has 0 saturated heterocycles. The van der Waals surface area contributed by atoms with Gasteiger partial charge in [0.15, 0.2) is 0 Å². The Morgan fingerprint density at radius 1 is 0.758 bits per heavy atom. The van der Waals surface area contributed by atoms with E-state index in [-0.39, 0.29) is 22.8 Å². The second kappa shape index (κ2) is 8.96. The van der Waals surface area contributed by atoms with Crippen molar-refractivity contribution in [2.75, 3.05) is 0 Å². The number of benzene rings is 2. The van der Waals surface area contributed by atoms with Crippen LogP contribution in [0.1, 0.15) is 87.3 Å². The van der Waals surface area contributed by atoms with Crippen molar-refractivity contribution >= 4 is 11.9 Å². The van der Waals surface area contributed by atoms with E-state index in [9.17, 15) is 9.59 Å². The Morgan fingerprint density at radius 2 is 1.12 bits per heavy atom. The normalized spacial score (nSPS) is 19.1. The predicted molar refractivity (Wildman–Crippen MR) is 132 cm³/mol. The van der Waals surface area contributed by atoms with Crippen molar-refractivity contribution < 1.29 is 19.1 Å². The van der Waals surface area contributed by atoms with Crippen LogP contribution in [0.15, 0.2) is 24.3 Å². The molecule has 0 heterocycles. The maximum absolute atomic E-state index is 11.6. The van der Waals surface area contributed by atoms with E-state index in [0.29, 0.717) is 17.4 Å². The molecule has 33 heavy (non-hydrogen) atoms.